The zero-order valence-corrected chi connectivity index (χ0v) is 8.86. The van der Waals surface area contributed by atoms with Gasteiger partial charge in [-0.2, -0.15) is 0 Å². The predicted molar refractivity (Wildman–Crippen MR) is 57.6 cm³/mol. The van der Waals surface area contributed by atoms with E-state index in [4.69, 9.17) is 9.84 Å². The number of aliphatic hydroxyl groups excluding tert-OH is 1. The third kappa shape index (κ3) is 3.22. The first-order valence-corrected chi connectivity index (χ1v) is 4.66. The molecule has 15 heavy (non-hydrogen) atoms. The third-order valence-corrected chi connectivity index (χ3v) is 2.00. The number of aliphatic hydroxyl groups is 1. The number of hydrogen-bond acceptors (Lipinski definition) is 3. The van der Waals surface area contributed by atoms with Crippen molar-refractivity contribution in [1.82, 2.24) is 0 Å². The monoisotopic (exact) mass is 206 g/mol. The third-order valence-electron chi connectivity index (χ3n) is 2.00. The van der Waals surface area contributed by atoms with Gasteiger partial charge in [0.1, 0.15) is 5.75 Å². The Morgan fingerprint density at radius 2 is 1.93 bits per heavy atom. The van der Waals surface area contributed by atoms with E-state index in [1.807, 2.05) is 19.1 Å². The van der Waals surface area contributed by atoms with E-state index < -0.39 is 12.1 Å². The van der Waals surface area contributed by atoms with Crippen molar-refractivity contribution in [3.05, 3.63) is 42.0 Å². The number of rotatable bonds is 3. The van der Waals surface area contributed by atoms with E-state index in [2.05, 4.69) is 6.58 Å². The molecule has 0 radical (unpaired) electrons. The molecular weight excluding hydrogens is 192 g/mol. The van der Waals surface area contributed by atoms with E-state index in [-0.39, 0.29) is 5.57 Å². The summed E-state index contributed by atoms with van der Waals surface area (Å²) in [6.07, 6.45) is -0.886. The van der Waals surface area contributed by atoms with Gasteiger partial charge in [0.05, 0.1) is 11.7 Å². The van der Waals surface area contributed by atoms with Crippen molar-refractivity contribution < 1.29 is 14.6 Å². The molecule has 0 heterocycles. The van der Waals surface area contributed by atoms with E-state index in [1.165, 1.54) is 6.92 Å². The average Bonchev–Trinajstić information content (AvgIpc) is 2.20. The van der Waals surface area contributed by atoms with Crippen LogP contribution in [0, 0.1) is 6.92 Å². The molecular formula is C12H14O3. The summed E-state index contributed by atoms with van der Waals surface area (Å²) in [6.45, 7) is 6.86. The molecule has 0 saturated heterocycles. The van der Waals surface area contributed by atoms with E-state index in [0.29, 0.717) is 5.75 Å². The molecule has 1 unspecified atom stereocenters. The minimum atomic E-state index is -0.886. The number of aryl methyl sites for hydroxylation is 1. The van der Waals surface area contributed by atoms with Crippen LogP contribution in [0.2, 0.25) is 0 Å². The number of esters is 1. The quantitative estimate of drug-likeness (QED) is 0.466. The highest BCUT2D eigenvalue weighted by Crippen LogP contribution is 2.13. The Labute approximate surface area is 89.0 Å². The minimum Gasteiger partial charge on any atom is -0.423 e. The first kappa shape index (κ1) is 11.5. The molecule has 1 rings (SSSR count). The molecule has 1 N–H and O–H groups in total. The van der Waals surface area contributed by atoms with Gasteiger partial charge in [0.25, 0.3) is 0 Å². The molecule has 1 atom stereocenters. The molecule has 0 aliphatic rings. The Kier molecular flexibility index (Phi) is 3.63. The molecule has 3 nitrogen and oxygen atoms in total. The lowest BCUT2D eigenvalue weighted by atomic mass is 10.2. The second-order valence-electron chi connectivity index (χ2n) is 3.40. The maximum atomic E-state index is 11.4. The molecule has 0 fully saturated rings. The maximum Gasteiger partial charge on any atom is 0.341 e. The molecule has 3 heteroatoms. The van der Waals surface area contributed by atoms with Gasteiger partial charge < -0.3 is 9.84 Å². The van der Waals surface area contributed by atoms with Gasteiger partial charge in [0.15, 0.2) is 0 Å². The Bertz CT molecular complexity index is 363. The van der Waals surface area contributed by atoms with E-state index in [1.54, 1.807) is 12.1 Å². The topological polar surface area (TPSA) is 46.5 Å². The maximum absolute atomic E-state index is 11.4. The van der Waals surface area contributed by atoms with Crippen LogP contribution in [-0.4, -0.2) is 17.2 Å². The fourth-order valence-electron chi connectivity index (χ4n) is 0.949. The largest absolute Gasteiger partial charge is 0.423 e. The van der Waals surface area contributed by atoms with Crippen molar-refractivity contribution in [2.45, 2.75) is 20.0 Å². The van der Waals surface area contributed by atoms with Crippen LogP contribution in [0.5, 0.6) is 5.75 Å². The minimum absolute atomic E-state index is 0.0515. The van der Waals surface area contributed by atoms with Crippen LogP contribution in [0.1, 0.15) is 12.5 Å². The number of carbonyl (C=O) groups excluding carboxylic acids is 1. The van der Waals surface area contributed by atoms with Gasteiger partial charge in [-0.15, -0.1) is 0 Å². The zero-order valence-electron chi connectivity index (χ0n) is 8.86. The van der Waals surface area contributed by atoms with Crippen LogP contribution < -0.4 is 4.74 Å². The van der Waals surface area contributed by atoms with Gasteiger partial charge in [-0.1, -0.05) is 24.3 Å². The summed E-state index contributed by atoms with van der Waals surface area (Å²) in [4.78, 5) is 11.4. The molecule has 0 spiro atoms. The molecule has 0 amide bonds. The zero-order chi connectivity index (χ0) is 11.4. The van der Waals surface area contributed by atoms with Gasteiger partial charge in [-0.05, 0) is 26.0 Å². The summed E-state index contributed by atoms with van der Waals surface area (Å²) in [5, 5.41) is 9.11. The van der Waals surface area contributed by atoms with Gasteiger partial charge in [-0.25, -0.2) is 4.79 Å². The van der Waals surface area contributed by atoms with Crippen LogP contribution >= 0.6 is 0 Å². The smallest absolute Gasteiger partial charge is 0.341 e. The molecule has 0 aromatic heterocycles. The number of carbonyl (C=O) groups is 1. The lowest BCUT2D eigenvalue weighted by molar-refractivity contribution is -0.131. The van der Waals surface area contributed by atoms with Gasteiger partial charge in [0, 0.05) is 0 Å². The highest BCUT2D eigenvalue weighted by atomic mass is 16.5. The second-order valence-corrected chi connectivity index (χ2v) is 3.40. The number of benzene rings is 1. The standard InChI is InChI=1S/C12H14O3/c1-8-4-6-11(7-5-8)15-12(14)9(2)10(3)13/h4-7,10,13H,2H2,1,3H3. The normalized spacial score (nSPS) is 11.9. The SMILES string of the molecule is C=C(C(=O)Oc1ccc(C)cc1)C(C)O. The average molecular weight is 206 g/mol. The highest BCUT2D eigenvalue weighted by molar-refractivity contribution is 5.90. The Morgan fingerprint density at radius 3 is 2.40 bits per heavy atom. The summed E-state index contributed by atoms with van der Waals surface area (Å²) in [5.41, 5.74) is 1.14. The summed E-state index contributed by atoms with van der Waals surface area (Å²) in [5.74, 6) is -0.152. The fraction of sp³-hybridized carbons (Fsp3) is 0.250. The van der Waals surface area contributed by atoms with Crippen LogP contribution in [-0.2, 0) is 4.79 Å². The van der Waals surface area contributed by atoms with Gasteiger partial charge >= 0.3 is 5.97 Å². The first-order valence-electron chi connectivity index (χ1n) is 4.66. The summed E-state index contributed by atoms with van der Waals surface area (Å²) in [6, 6.07) is 7.08. The van der Waals surface area contributed by atoms with Crippen LogP contribution in [0.4, 0.5) is 0 Å². The van der Waals surface area contributed by atoms with Crippen LogP contribution in [0.15, 0.2) is 36.4 Å². The van der Waals surface area contributed by atoms with Crippen LogP contribution in [0.25, 0.3) is 0 Å². The molecule has 0 aliphatic carbocycles. The number of ether oxygens (including phenoxy) is 1. The molecule has 0 bridgehead atoms. The Hall–Kier alpha value is -1.61. The summed E-state index contributed by atoms with van der Waals surface area (Å²) < 4.78 is 4.99. The predicted octanol–water partition coefficient (Wildman–Crippen LogP) is 1.84. The second kappa shape index (κ2) is 4.75. The van der Waals surface area contributed by atoms with Crippen molar-refractivity contribution in [3.8, 4) is 5.75 Å². The van der Waals surface area contributed by atoms with Crippen LogP contribution in [0.3, 0.4) is 0 Å². The molecule has 80 valence electrons. The number of hydrogen-bond donors (Lipinski definition) is 1. The molecule has 0 saturated carbocycles. The first-order chi connectivity index (χ1) is 7.00. The van der Waals surface area contributed by atoms with Gasteiger partial charge in [-0.3, -0.25) is 0 Å². The lowest BCUT2D eigenvalue weighted by Crippen LogP contribution is -2.18. The molecule has 1 aromatic rings. The Balaban J connectivity index is 2.67. The van der Waals surface area contributed by atoms with Crippen molar-refractivity contribution in [2.24, 2.45) is 0 Å². The summed E-state index contributed by atoms with van der Waals surface area (Å²) in [7, 11) is 0. The highest BCUT2D eigenvalue weighted by Gasteiger charge is 2.14. The molecule has 0 aliphatic heterocycles. The lowest BCUT2D eigenvalue weighted by Gasteiger charge is -2.08. The van der Waals surface area contributed by atoms with E-state index in [0.717, 1.165) is 5.56 Å². The van der Waals surface area contributed by atoms with Crippen molar-refractivity contribution in [3.63, 3.8) is 0 Å². The van der Waals surface area contributed by atoms with Crippen molar-refractivity contribution in [1.29, 1.82) is 0 Å². The van der Waals surface area contributed by atoms with Gasteiger partial charge in [0.2, 0.25) is 0 Å². The van der Waals surface area contributed by atoms with Crippen molar-refractivity contribution >= 4 is 5.97 Å². The van der Waals surface area contributed by atoms with E-state index >= 15 is 0 Å². The Morgan fingerprint density at radius 1 is 1.40 bits per heavy atom. The fourth-order valence-corrected chi connectivity index (χ4v) is 0.949. The van der Waals surface area contributed by atoms with E-state index in [9.17, 15) is 4.79 Å². The van der Waals surface area contributed by atoms with Crippen molar-refractivity contribution in [2.75, 3.05) is 0 Å². The molecule has 1 aromatic carbocycles. The summed E-state index contributed by atoms with van der Waals surface area (Å²) >= 11 is 0.